The Morgan fingerprint density at radius 1 is 1.17 bits per heavy atom. The lowest BCUT2D eigenvalue weighted by Gasteiger charge is -2.39. The average Bonchev–Trinajstić information content (AvgIpc) is 2.32. The first-order valence-electron chi connectivity index (χ1n) is 7.59. The van der Waals surface area contributed by atoms with Crippen LogP contribution in [-0.4, -0.2) is 62.7 Å². The van der Waals surface area contributed by atoms with Gasteiger partial charge in [-0.05, 0) is 39.9 Å². The highest BCUT2D eigenvalue weighted by molar-refractivity contribution is 4.82. The van der Waals surface area contributed by atoms with Crippen LogP contribution in [0.5, 0.6) is 0 Å². The Morgan fingerprint density at radius 3 is 2.50 bits per heavy atom. The first-order chi connectivity index (χ1) is 8.52. The van der Waals surface area contributed by atoms with Crippen molar-refractivity contribution >= 4 is 0 Å². The zero-order valence-corrected chi connectivity index (χ0v) is 13.1. The first kappa shape index (κ1) is 15.9. The SMILES string of the molecule is CNC(CCCC(C)C)CC1CN(C)CCN1C. The van der Waals surface area contributed by atoms with Gasteiger partial charge in [-0.15, -0.1) is 0 Å². The third-order valence-corrected chi connectivity index (χ3v) is 4.28. The third-order valence-electron chi connectivity index (χ3n) is 4.28. The summed E-state index contributed by atoms with van der Waals surface area (Å²) in [6, 6.07) is 1.41. The molecule has 18 heavy (non-hydrogen) atoms. The fourth-order valence-corrected chi connectivity index (χ4v) is 2.84. The summed E-state index contributed by atoms with van der Waals surface area (Å²) in [6.45, 7) is 8.28. The van der Waals surface area contributed by atoms with Gasteiger partial charge >= 0.3 is 0 Å². The highest BCUT2D eigenvalue weighted by atomic mass is 15.3. The van der Waals surface area contributed by atoms with E-state index in [0.29, 0.717) is 6.04 Å². The maximum atomic E-state index is 3.51. The number of piperazine rings is 1. The van der Waals surface area contributed by atoms with E-state index >= 15 is 0 Å². The molecule has 1 aliphatic heterocycles. The van der Waals surface area contributed by atoms with Crippen molar-refractivity contribution in [3.05, 3.63) is 0 Å². The molecule has 0 aromatic rings. The van der Waals surface area contributed by atoms with Gasteiger partial charge in [0.2, 0.25) is 0 Å². The lowest BCUT2D eigenvalue weighted by atomic mass is 9.97. The second-order valence-electron chi connectivity index (χ2n) is 6.44. The molecular formula is C15H33N3. The van der Waals surface area contributed by atoms with Crippen LogP contribution >= 0.6 is 0 Å². The Kier molecular flexibility index (Phi) is 7.20. The summed E-state index contributed by atoms with van der Waals surface area (Å²) in [6.07, 6.45) is 5.33. The fraction of sp³-hybridized carbons (Fsp3) is 1.00. The fourth-order valence-electron chi connectivity index (χ4n) is 2.84. The number of likely N-dealkylation sites (N-methyl/N-ethyl adjacent to an activating group) is 2. The van der Waals surface area contributed by atoms with Crippen molar-refractivity contribution < 1.29 is 0 Å². The van der Waals surface area contributed by atoms with Crippen LogP contribution in [0, 0.1) is 5.92 Å². The number of hydrogen-bond acceptors (Lipinski definition) is 3. The van der Waals surface area contributed by atoms with E-state index in [1.165, 1.54) is 45.3 Å². The summed E-state index contributed by atoms with van der Waals surface area (Å²) in [5, 5.41) is 3.51. The van der Waals surface area contributed by atoms with Gasteiger partial charge in [-0.3, -0.25) is 0 Å². The van der Waals surface area contributed by atoms with Crippen LogP contribution in [0.4, 0.5) is 0 Å². The van der Waals surface area contributed by atoms with Gasteiger partial charge in [0.15, 0.2) is 0 Å². The quantitative estimate of drug-likeness (QED) is 0.751. The predicted octanol–water partition coefficient (Wildman–Crippen LogP) is 2.04. The number of rotatable bonds is 7. The van der Waals surface area contributed by atoms with Crippen LogP contribution < -0.4 is 5.32 Å². The normalized spacial score (nSPS) is 24.7. The van der Waals surface area contributed by atoms with Gasteiger partial charge < -0.3 is 15.1 Å². The zero-order valence-electron chi connectivity index (χ0n) is 13.1. The maximum absolute atomic E-state index is 3.51. The van der Waals surface area contributed by atoms with Gasteiger partial charge in [0.25, 0.3) is 0 Å². The Labute approximate surface area is 114 Å². The van der Waals surface area contributed by atoms with Gasteiger partial charge in [-0.1, -0.05) is 26.7 Å². The first-order valence-corrected chi connectivity index (χ1v) is 7.59. The van der Waals surface area contributed by atoms with Crippen LogP contribution in [0.1, 0.15) is 39.5 Å². The maximum Gasteiger partial charge on any atom is 0.0235 e. The number of nitrogens with zero attached hydrogens (tertiary/aromatic N) is 2. The highest BCUT2D eigenvalue weighted by Crippen LogP contribution is 2.16. The lowest BCUT2D eigenvalue weighted by molar-refractivity contribution is 0.100. The molecule has 1 N–H and O–H groups in total. The molecule has 108 valence electrons. The lowest BCUT2D eigenvalue weighted by Crippen LogP contribution is -2.52. The van der Waals surface area contributed by atoms with Crippen molar-refractivity contribution in [1.82, 2.24) is 15.1 Å². The monoisotopic (exact) mass is 255 g/mol. The molecule has 0 aromatic heterocycles. The molecule has 0 radical (unpaired) electrons. The summed E-state index contributed by atoms with van der Waals surface area (Å²) in [5.74, 6) is 0.839. The van der Waals surface area contributed by atoms with Gasteiger partial charge in [0.05, 0.1) is 0 Å². The highest BCUT2D eigenvalue weighted by Gasteiger charge is 2.24. The average molecular weight is 255 g/mol. The molecule has 2 atom stereocenters. The topological polar surface area (TPSA) is 18.5 Å². The molecule has 0 aliphatic carbocycles. The van der Waals surface area contributed by atoms with Crippen molar-refractivity contribution in [3.63, 3.8) is 0 Å². The number of nitrogens with one attached hydrogen (secondary N) is 1. The van der Waals surface area contributed by atoms with Crippen LogP contribution in [0.3, 0.4) is 0 Å². The van der Waals surface area contributed by atoms with E-state index < -0.39 is 0 Å². The predicted molar refractivity (Wildman–Crippen MR) is 80.1 cm³/mol. The van der Waals surface area contributed by atoms with E-state index in [4.69, 9.17) is 0 Å². The van der Waals surface area contributed by atoms with Gasteiger partial charge in [0.1, 0.15) is 0 Å². The molecule has 1 aliphatic rings. The molecule has 2 unspecified atom stereocenters. The van der Waals surface area contributed by atoms with Crippen molar-refractivity contribution in [2.75, 3.05) is 40.8 Å². The minimum atomic E-state index is 0.683. The van der Waals surface area contributed by atoms with E-state index in [9.17, 15) is 0 Å². The van der Waals surface area contributed by atoms with Gasteiger partial charge in [-0.2, -0.15) is 0 Å². The zero-order chi connectivity index (χ0) is 13.5. The number of hydrogen-bond donors (Lipinski definition) is 1. The molecule has 1 rings (SSSR count). The van der Waals surface area contributed by atoms with E-state index in [-0.39, 0.29) is 0 Å². The van der Waals surface area contributed by atoms with Crippen molar-refractivity contribution in [2.45, 2.75) is 51.6 Å². The standard InChI is InChI=1S/C15H33N3/c1-13(2)7-6-8-14(16-3)11-15-12-17(4)9-10-18(15)5/h13-16H,6-12H2,1-5H3. The van der Waals surface area contributed by atoms with Crippen molar-refractivity contribution in [1.29, 1.82) is 0 Å². The molecule has 1 heterocycles. The van der Waals surface area contributed by atoms with E-state index in [0.717, 1.165) is 12.0 Å². The Balaban J connectivity index is 2.32. The smallest absolute Gasteiger partial charge is 0.0235 e. The van der Waals surface area contributed by atoms with Crippen LogP contribution in [-0.2, 0) is 0 Å². The molecule has 0 saturated carbocycles. The largest absolute Gasteiger partial charge is 0.317 e. The van der Waals surface area contributed by atoms with Crippen molar-refractivity contribution in [2.24, 2.45) is 5.92 Å². The van der Waals surface area contributed by atoms with E-state index in [1.807, 2.05) is 0 Å². The molecule has 3 heteroatoms. The molecule has 3 nitrogen and oxygen atoms in total. The van der Waals surface area contributed by atoms with E-state index in [1.54, 1.807) is 0 Å². The molecule has 1 fully saturated rings. The summed E-state index contributed by atoms with van der Waals surface area (Å²) in [5.41, 5.74) is 0. The van der Waals surface area contributed by atoms with E-state index in [2.05, 4.69) is 50.1 Å². The van der Waals surface area contributed by atoms with Crippen LogP contribution in [0.25, 0.3) is 0 Å². The Morgan fingerprint density at radius 2 is 1.89 bits per heavy atom. The molecule has 0 spiro atoms. The Hall–Kier alpha value is -0.120. The van der Waals surface area contributed by atoms with Crippen LogP contribution in [0.15, 0.2) is 0 Å². The summed E-state index contributed by atoms with van der Waals surface area (Å²) in [7, 11) is 6.64. The molecule has 0 bridgehead atoms. The molecular weight excluding hydrogens is 222 g/mol. The van der Waals surface area contributed by atoms with Crippen molar-refractivity contribution in [3.8, 4) is 0 Å². The van der Waals surface area contributed by atoms with Crippen LogP contribution in [0.2, 0.25) is 0 Å². The van der Waals surface area contributed by atoms with Gasteiger partial charge in [-0.25, -0.2) is 0 Å². The summed E-state index contributed by atoms with van der Waals surface area (Å²) in [4.78, 5) is 5.00. The molecule has 0 aromatic carbocycles. The summed E-state index contributed by atoms with van der Waals surface area (Å²) >= 11 is 0. The third kappa shape index (κ3) is 5.68. The molecule has 0 amide bonds. The summed E-state index contributed by atoms with van der Waals surface area (Å²) < 4.78 is 0. The Bertz CT molecular complexity index is 218. The second kappa shape index (κ2) is 8.13. The second-order valence-corrected chi connectivity index (χ2v) is 6.44. The molecule has 1 saturated heterocycles. The minimum absolute atomic E-state index is 0.683. The van der Waals surface area contributed by atoms with Gasteiger partial charge in [0, 0.05) is 31.7 Å². The minimum Gasteiger partial charge on any atom is -0.317 e.